The van der Waals surface area contributed by atoms with Gasteiger partial charge >= 0.3 is 0 Å². The van der Waals surface area contributed by atoms with Crippen LogP contribution in [-0.4, -0.2) is 33.4 Å². The molecule has 0 saturated carbocycles. The number of aliphatic imine (C=N–C) groups is 1. The second-order valence-electron chi connectivity index (χ2n) is 5.97. The molecule has 7 nitrogen and oxygen atoms in total. The number of nitrogens with two attached hydrogens (primary N) is 1. The Kier molecular flexibility index (Phi) is 9.52. The predicted octanol–water partition coefficient (Wildman–Crippen LogP) is 3.48. The number of nitrogens with zero attached hydrogens (tertiary/aromatic N) is 3. The van der Waals surface area contributed by atoms with Crippen LogP contribution in [0.5, 0.6) is 5.88 Å². The molecule has 1 aromatic heterocycles. The van der Waals surface area contributed by atoms with Gasteiger partial charge in [0, 0.05) is 11.4 Å². The molecule has 0 bridgehead atoms. The Bertz CT molecular complexity index is 888. The summed E-state index contributed by atoms with van der Waals surface area (Å²) < 4.78 is 5.29. The summed E-state index contributed by atoms with van der Waals surface area (Å²) in [5.74, 6) is 6.42. The molecule has 0 saturated heterocycles. The van der Waals surface area contributed by atoms with E-state index in [1.165, 1.54) is 12.4 Å². The second-order valence-corrected chi connectivity index (χ2v) is 7.08. The van der Waals surface area contributed by atoms with E-state index in [1.54, 1.807) is 24.8 Å². The van der Waals surface area contributed by atoms with E-state index in [-0.39, 0.29) is 18.2 Å². The van der Waals surface area contributed by atoms with Crippen molar-refractivity contribution in [3.8, 4) is 17.7 Å². The number of unbranched alkanes of at least 4 members (excludes halogenated alkanes) is 1. The van der Waals surface area contributed by atoms with Gasteiger partial charge in [0.25, 0.3) is 5.91 Å². The van der Waals surface area contributed by atoms with Crippen LogP contribution >= 0.6 is 11.8 Å². The minimum Gasteiger partial charge on any atom is -0.463 e. The molecule has 0 aliphatic carbocycles. The molecule has 0 fully saturated rings. The number of rotatable bonds is 9. The average Bonchev–Trinajstić information content (AvgIpc) is 2.73. The molecular weight excluding hydrogens is 386 g/mol. The van der Waals surface area contributed by atoms with Crippen LogP contribution in [0.4, 0.5) is 5.69 Å². The van der Waals surface area contributed by atoms with Crippen LogP contribution in [0.3, 0.4) is 0 Å². The first-order chi connectivity index (χ1) is 14.1. The third-order valence-electron chi connectivity index (χ3n) is 3.68. The van der Waals surface area contributed by atoms with Gasteiger partial charge in [-0.2, -0.15) is 0 Å². The molecule has 29 heavy (non-hydrogen) atoms. The number of benzene rings is 1. The van der Waals surface area contributed by atoms with E-state index in [2.05, 4.69) is 39.0 Å². The normalized spacial score (nSPS) is 10.8. The van der Waals surface area contributed by atoms with E-state index >= 15 is 0 Å². The highest BCUT2D eigenvalue weighted by atomic mass is 32.2. The molecular formula is C21H25N5O2S. The van der Waals surface area contributed by atoms with Crippen LogP contribution in [0.25, 0.3) is 0 Å². The van der Waals surface area contributed by atoms with Gasteiger partial charge in [0.2, 0.25) is 5.88 Å². The number of ether oxygens (including phenoxy) is 1. The summed E-state index contributed by atoms with van der Waals surface area (Å²) in [6, 6.07) is 7.46. The molecule has 0 radical (unpaired) electrons. The van der Waals surface area contributed by atoms with E-state index in [0.29, 0.717) is 23.3 Å². The van der Waals surface area contributed by atoms with E-state index < -0.39 is 0 Å². The number of hydrogen-bond donors (Lipinski definition) is 2. The van der Waals surface area contributed by atoms with Crippen molar-refractivity contribution in [1.29, 1.82) is 0 Å². The molecule has 1 heterocycles. The smallest absolute Gasteiger partial charge is 0.275 e. The first-order valence-corrected chi connectivity index (χ1v) is 10.3. The molecule has 0 unspecified atom stereocenters. The lowest BCUT2D eigenvalue weighted by atomic mass is 10.2. The van der Waals surface area contributed by atoms with Crippen molar-refractivity contribution >= 4 is 28.5 Å². The van der Waals surface area contributed by atoms with Crippen LogP contribution in [0.15, 0.2) is 41.7 Å². The first-order valence-electron chi connectivity index (χ1n) is 9.29. The van der Waals surface area contributed by atoms with Gasteiger partial charge in [-0.3, -0.25) is 9.79 Å². The van der Waals surface area contributed by atoms with Gasteiger partial charge in [-0.1, -0.05) is 43.2 Å². The fraction of sp³-hybridized carbons (Fsp3) is 0.333. The molecule has 2 rings (SSSR count). The zero-order valence-corrected chi connectivity index (χ0v) is 17.5. The molecule has 0 atom stereocenters. The number of amidine groups is 1. The maximum absolute atomic E-state index is 12.4. The molecule has 1 aromatic carbocycles. The van der Waals surface area contributed by atoms with Gasteiger partial charge in [0.05, 0.1) is 18.9 Å². The Balaban J connectivity index is 1.92. The Morgan fingerprint density at radius 2 is 2.21 bits per heavy atom. The largest absolute Gasteiger partial charge is 0.463 e. The lowest BCUT2D eigenvalue weighted by Gasteiger charge is -2.07. The van der Waals surface area contributed by atoms with Crippen molar-refractivity contribution in [3.63, 3.8) is 0 Å². The van der Waals surface area contributed by atoms with Crippen LogP contribution in [0.2, 0.25) is 0 Å². The zero-order valence-electron chi connectivity index (χ0n) is 16.6. The number of amides is 1. The minimum absolute atomic E-state index is 0.193. The average molecular weight is 412 g/mol. The van der Waals surface area contributed by atoms with Gasteiger partial charge in [-0.25, -0.2) is 9.97 Å². The standard InChI is InChI=1S/C21H25N5O2S/c1-3-5-10-28-19-15-23-18(14-24-19)20(27)26-17-9-7-8-16(12-17)13-25-21(22)29-11-6-4-2/h7-9,12,14-15H,4,6,10-11,13H2,1-2H3,(H2,22,25)(H,26,27). The highest BCUT2D eigenvalue weighted by Crippen LogP contribution is 2.14. The molecule has 152 valence electrons. The highest BCUT2D eigenvalue weighted by Gasteiger charge is 2.09. The number of aromatic nitrogens is 2. The molecule has 1 amide bonds. The fourth-order valence-electron chi connectivity index (χ4n) is 2.17. The SMILES string of the molecule is CC#CCOc1cnc(C(=O)Nc2cccc(CN=C(N)SCCCC)c2)cn1. The van der Waals surface area contributed by atoms with Crippen molar-refractivity contribution < 1.29 is 9.53 Å². The molecule has 2 aromatic rings. The minimum atomic E-state index is -0.354. The zero-order chi connectivity index (χ0) is 20.9. The van der Waals surface area contributed by atoms with Gasteiger partial charge in [-0.05, 0) is 31.0 Å². The maximum atomic E-state index is 12.4. The summed E-state index contributed by atoms with van der Waals surface area (Å²) in [4.78, 5) is 24.9. The van der Waals surface area contributed by atoms with Gasteiger partial charge in [-0.15, -0.1) is 5.92 Å². The molecule has 0 aliphatic heterocycles. The Hall–Kier alpha value is -3.05. The number of thioether (sulfide) groups is 1. The van der Waals surface area contributed by atoms with Crippen molar-refractivity contribution in [2.75, 3.05) is 17.7 Å². The third kappa shape index (κ3) is 8.23. The summed E-state index contributed by atoms with van der Waals surface area (Å²) in [5.41, 5.74) is 7.72. The van der Waals surface area contributed by atoms with Crippen LogP contribution in [0, 0.1) is 11.8 Å². The number of carbonyl (C=O) groups is 1. The lowest BCUT2D eigenvalue weighted by Crippen LogP contribution is -2.14. The van der Waals surface area contributed by atoms with Crippen molar-refractivity contribution in [3.05, 3.63) is 47.9 Å². The number of hydrogen-bond acceptors (Lipinski definition) is 6. The summed E-state index contributed by atoms with van der Waals surface area (Å²) >= 11 is 1.56. The summed E-state index contributed by atoms with van der Waals surface area (Å²) in [7, 11) is 0. The van der Waals surface area contributed by atoms with Gasteiger partial charge in [0.15, 0.2) is 11.8 Å². The second kappa shape index (κ2) is 12.4. The summed E-state index contributed by atoms with van der Waals surface area (Å²) in [5, 5.41) is 3.39. The van der Waals surface area contributed by atoms with Crippen molar-refractivity contribution in [1.82, 2.24) is 9.97 Å². The van der Waals surface area contributed by atoms with Crippen LogP contribution < -0.4 is 15.8 Å². The monoisotopic (exact) mass is 411 g/mol. The predicted molar refractivity (Wildman–Crippen MR) is 118 cm³/mol. The summed E-state index contributed by atoms with van der Waals surface area (Å²) in [6.07, 6.45) is 5.02. The van der Waals surface area contributed by atoms with Crippen molar-refractivity contribution in [2.24, 2.45) is 10.7 Å². The number of nitrogens with one attached hydrogen (secondary N) is 1. The van der Waals surface area contributed by atoms with E-state index in [4.69, 9.17) is 10.5 Å². The molecule has 0 aliphatic rings. The van der Waals surface area contributed by atoms with Gasteiger partial charge < -0.3 is 15.8 Å². The van der Waals surface area contributed by atoms with E-state index in [9.17, 15) is 4.79 Å². The van der Waals surface area contributed by atoms with E-state index in [1.807, 2.05) is 18.2 Å². The molecule has 8 heteroatoms. The van der Waals surface area contributed by atoms with Crippen molar-refractivity contribution in [2.45, 2.75) is 33.2 Å². The van der Waals surface area contributed by atoms with Crippen LogP contribution in [0.1, 0.15) is 42.7 Å². The van der Waals surface area contributed by atoms with Gasteiger partial charge in [0.1, 0.15) is 5.69 Å². The first kappa shape index (κ1) is 22.2. The third-order valence-corrected chi connectivity index (χ3v) is 4.60. The lowest BCUT2D eigenvalue weighted by molar-refractivity contribution is 0.102. The Morgan fingerprint density at radius 1 is 1.34 bits per heavy atom. The Labute approximate surface area is 175 Å². The number of anilines is 1. The van der Waals surface area contributed by atoms with Crippen LogP contribution in [-0.2, 0) is 6.54 Å². The molecule has 3 N–H and O–H groups in total. The summed E-state index contributed by atoms with van der Waals surface area (Å²) in [6.45, 7) is 4.56. The number of carbonyl (C=O) groups excluding carboxylic acids is 1. The topological polar surface area (TPSA) is 102 Å². The highest BCUT2D eigenvalue weighted by molar-refractivity contribution is 8.13. The Morgan fingerprint density at radius 3 is 2.93 bits per heavy atom. The fourth-order valence-corrected chi connectivity index (χ4v) is 2.97. The quantitative estimate of drug-likeness (QED) is 0.283. The maximum Gasteiger partial charge on any atom is 0.275 e. The molecule has 0 spiro atoms. The van der Waals surface area contributed by atoms with E-state index in [0.717, 1.165) is 24.2 Å².